The van der Waals surface area contributed by atoms with E-state index in [0.29, 0.717) is 0 Å². The van der Waals surface area contributed by atoms with Gasteiger partial charge in [-0.25, -0.2) is 0 Å². The summed E-state index contributed by atoms with van der Waals surface area (Å²) in [4.78, 5) is 0. The molecular weight excluding hydrogens is 108 g/mol. The van der Waals surface area contributed by atoms with Gasteiger partial charge in [-0.3, -0.25) is 0 Å². The van der Waals surface area contributed by atoms with Gasteiger partial charge in [0, 0.05) is 0 Å². The van der Waals surface area contributed by atoms with E-state index in [1.54, 1.807) is 6.42 Å². The van der Waals surface area contributed by atoms with Crippen molar-refractivity contribution in [1.29, 1.82) is 0 Å². The first-order valence-corrected chi connectivity index (χ1v) is 4.14. The molecule has 0 nitrogen and oxygen atoms in total. The van der Waals surface area contributed by atoms with Crippen LogP contribution in [0.1, 0.15) is 25.7 Å². The number of rotatable bonds is 0. The van der Waals surface area contributed by atoms with E-state index in [4.69, 9.17) is 0 Å². The molecular formula is C9H12. The van der Waals surface area contributed by atoms with Crippen LogP contribution in [-0.4, -0.2) is 0 Å². The molecule has 0 amide bonds. The highest BCUT2D eigenvalue weighted by Gasteiger charge is 2.49. The van der Waals surface area contributed by atoms with Crippen LogP contribution in [0.25, 0.3) is 0 Å². The van der Waals surface area contributed by atoms with Crippen molar-refractivity contribution >= 4 is 0 Å². The molecule has 0 aliphatic heterocycles. The SMILES string of the molecule is C1=C2CCC(C1)C1CC21. The number of fused-ring (bicyclic) bond motifs is 2. The van der Waals surface area contributed by atoms with Crippen LogP contribution in [0.5, 0.6) is 0 Å². The van der Waals surface area contributed by atoms with Crippen molar-refractivity contribution in [3.8, 4) is 0 Å². The summed E-state index contributed by atoms with van der Waals surface area (Å²) in [6.07, 6.45) is 8.47. The van der Waals surface area contributed by atoms with Crippen molar-refractivity contribution in [3.63, 3.8) is 0 Å². The standard InChI is InChI=1S/C9H12/c1-2-7-4-3-6(1)8-5-9(7)8/h1,7-9H,2-5H2. The first kappa shape index (κ1) is 4.54. The van der Waals surface area contributed by atoms with Crippen LogP contribution in [0, 0.1) is 17.8 Å². The normalized spacial score (nSPS) is 52.4. The molecule has 2 saturated carbocycles. The highest BCUT2D eigenvalue weighted by molar-refractivity contribution is 5.25. The Bertz CT molecular complexity index is 178. The van der Waals surface area contributed by atoms with E-state index in [1.807, 2.05) is 5.57 Å². The van der Waals surface area contributed by atoms with Gasteiger partial charge in [0.2, 0.25) is 0 Å². The van der Waals surface area contributed by atoms with Gasteiger partial charge in [0.1, 0.15) is 0 Å². The second-order valence-corrected chi connectivity index (χ2v) is 3.82. The lowest BCUT2D eigenvalue weighted by Crippen LogP contribution is -2.16. The van der Waals surface area contributed by atoms with Crippen molar-refractivity contribution in [2.24, 2.45) is 17.8 Å². The first-order valence-electron chi connectivity index (χ1n) is 4.14. The third-order valence-electron chi connectivity index (χ3n) is 3.41. The predicted octanol–water partition coefficient (Wildman–Crippen LogP) is 2.36. The molecule has 0 heterocycles. The fourth-order valence-corrected chi connectivity index (χ4v) is 2.76. The molecule has 4 aliphatic carbocycles. The minimum Gasteiger partial charge on any atom is -0.0848 e. The van der Waals surface area contributed by atoms with Crippen LogP contribution in [0.3, 0.4) is 0 Å². The summed E-state index contributed by atoms with van der Waals surface area (Å²) in [5.74, 6) is 3.38. The Morgan fingerprint density at radius 3 is 2.89 bits per heavy atom. The van der Waals surface area contributed by atoms with Crippen LogP contribution >= 0.6 is 0 Å². The average molecular weight is 120 g/mol. The largest absolute Gasteiger partial charge is 0.0848 e. The van der Waals surface area contributed by atoms with Crippen LogP contribution in [0.15, 0.2) is 11.6 Å². The second-order valence-electron chi connectivity index (χ2n) is 3.82. The average Bonchev–Trinajstić information content (AvgIpc) is 2.68. The van der Waals surface area contributed by atoms with E-state index >= 15 is 0 Å². The maximum Gasteiger partial charge on any atom is -0.0169 e. The third-order valence-corrected chi connectivity index (χ3v) is 3.41. The van der Waals surface area contributed by atoms with Gasteiger partial charge in [-0.2, -0.15) is 0 Å². The number of hydrogen-bond acceptors (Lipinski definition) is 0. The first-order chi connectivity index (χ1) is 4.45. The Morgan fingerprint density at radius 2 is 2.44 bits per heavy atom. The Hall–Kier alpha value is -0.260. The van der Waals surface area contributed by atoms with Crippen LogP contribution < -0.4 is 0 Å². The zero-order valence-electron chi connectivity index (χ0n) is 5.64. The van der Waals surface area contributed by atoms with Crippen molar-refractivity contribution in [2.45, 2.75) is 25.7 Å². The summed E-state index contributed by atoms with van der Waals surface area (Å²) < 4.78 is 0. The Kier molecular flexibility index (Phi) is 0.633. The molecule has 0 radical (unpaired) electrons. The molecule has 0 aromatic rings. The molecule has 0 N–H and O–H groups in total. The minimum absolute atomic E-state index is 1.09. The molecule has 4 rings (SSSR count). The summed E-state index contributed by atoms with van der Waals surface area (Å²) in [6.45, 7) is 0. The highest BCUT2D eigenvalue weighted by Crippen LogP contribution is 2.59. The fraction of sp³-hybridized carbons (Fsp3) is 0.778. The summed E-state index contributed by atoms with van der Waals surface area (Å²) in [5.41, 5.74) is 1.82. The molecule has 0 spiro atoms. The molecule has 3 atom stereocenters. The molecule has 0 heteroatoms. The Morgan fingerprint density at radius 1 is 1.44 bits per heavy atom. The van der Waals surface area contributed by atoms with Gasteiger partial charge in [-0.1, -0.05) is 11.6 Å². The lowest BCUT2D eigenvalue weighted by molar-refractivity contribution is 0.358. The lowest BCUT2D eigenvalue weighted by Gasteiger charge is -2.27. The van der Waals surface area contributed by atoms with Gasteiger partial charge >= 0.3 is 0 Å². The van der Waals surface area contributed by atoms with Gasteiger partial charge < -0.3 is 0 Å². The molecule has 0 aromatic carbocycles. The van der Waals surface area contributed by atoms with E-state index in [-0.39, 0.29) is 0 Å². The number of allylic oxidation sites excluding steroid dienone is 2. The molecule has 3 unspecified atom stereocenters. The Balaban J connectivity index is 2.08. The molecule has 2 bridgehead atoms. The van der Waals surface area contributed by atoms with Crippen LogP contribution in [0.2, 0.25) is 0 Å². The molecule has 48 valence electrons. The quantitative estimate of drug-likeness (QED) is 0.430. The summed E-state index contributed by atoms with van der Waals surface area (Å²) >= 11 is 0. The van der Waals surface area contributed by atoms with Gasteiger partial charge in [0.05, 0.1) is 0 Å². The predicted molar refractivity (Wildman–Crippen MR) is 37.0 cm³/mol. The fourth-order valence-electron chi connectivity index (χ4n) is 2.76. The summed E-state index contributed by atoms with van der Waals surface area (Å²) in [7, 11) is 0. The molecule has 0 saturated heterocycles. The van der Waals surface area contributed by atoms with Crippen molar-refractivity contribution in [3.05, 3.63) is 11.6 Å². The smallest absolute Gasteiger partial charge is 0.0169 e. The maximum atomic E-state index is 2.52. The van der Waals surface area contributed by atoms with Crippen molar-refractivity contribution in [1.82, 2.24) is 0 Å². The number of hydrogen-bond donors (Lipinski definition) is 0. The lowest BCUT2D eigenvalue weighted by atomic mass is 9.78. The molecule has 2 fully saturated rings. The maximum absolute atomic E-state index is 2.52. The van der Waals surface area contributed by atoms with Crippen molar-refractivity contribution < 1.29 is 0 Å². The summed E-state index contributed by atoms with van der Waals surface area (Å²) in [6, 6.07) is 0. The van der Waals surface area contributed by atoms with Crippen molar-refractivity contribution in [2.75, 3.05) is 0 Å². The molecule has 0 aromatic heterocycles. The van der Waals surface area contributed by atoms with Crippen LogP contribution in [0.4, 0.5) is 0 Å². The minimum atomic E-state index is 1.09. The van der Waals surface area contributed by atoms with E-state index in [2.05, 4.69) is 6.08 Å². The Labute approximate surface area is 56.0 Å². The highest BCUT2D eigenvalue weighted by atomic mass is 14.5. The third kappa shape index (κ3) is 0.452. The van der Waals surface area contributed by atoms with Gasteiger partial charge in [0.25, 0.3) is 0 Å². The van der Waals surface area contributed by atoms with E-state index in [0.717, 1.165) is 11.8 Å². The van der Waals surface area contributed by atoms with E-state index < -0.39 is 0 Å². The van der Waals surface area contributed by atoms with E-state index in [1.165, 1.54) is 25.2 Å². The zero-order valence-corrected chi connectivity index (χ0v) is 5.64. The second kappa shape index (κ2) is 1.25. The summed E-state index contributed by atoms with van der Waals surface area (Å²) in [5, 5.41) is 0. The van der Waals surface area contributed by atoms with Gasteiger partial charge in [-0.15, -0.1) is 0 Å². The monoisotopic (exact) mass is 120 g/mol. The van der Waals surface area contributed by atoms with Gasteiger partial charge in [0.15, 0.2) is 0 Å². The van der Waals surface area contributed by atoms with Crippen LogP contribution in [-0.2, 0) is 0 Å². The zero-order chi connectivity index (χ0) is 5.84. The molecule has 9 heavy (non-hydrogen) atoms. The molecule has 4 aliphatic rings. The van der Waals surface area contributed by atoms with E-state index in [9.17, 15) is 0 Å². The van der Waals surface area contributed by atoms with Gasteiger partial charge in [-0.05, 0) is 43.4 Å². The topological polar surface area (TPSA) is 0 Å².